The van der Waals surface area contributed by atoms with Crippen molar-refractivity contribution in [3.05, 3.63) is 97.2 Å². The van der Waals surface area contributed by atoms with Crippen molar-refractivity contribution in [2.45, 2.75) is 277 Å². The lowest BCUT2D eigenvalue weighted by atomic mass is 10.1. The monoisotopic (exact) mass is 1100 g/mol. The van der Waals surface area contributed by atoms with Gasteiger partial charge in [0.1, 0.15) is 19.3 Å². The first kappa shape index (κ1) is 73.9. The van der Waals surface area contributed by atoms with Crippen LogP contribution in [-0.4, -0.2) is 74.3 Å². The van der Waals surface area contributed by atoms with Crippen LogP contribution in [0.1, 0.15) is 265 Å². The third-order valence-electron chi connectivity index (χ3n) is 13.5. The summed E-state index contributed by atoms with van der Waals surface area (Å²) in [5, 5.41) is 3.04. The topological polar surface area (TPSA) is 111 Å². The normalized spacial score (nSPS) is 14.3. The molecule has 0 heterocycles. The van der Waals surface area contributed by atoms with Crippen LogP contribution >= 0.6 is 7.82 Å². The molecule has 3 atom stereocenters. The molecule has 10 heteroatoms. The summed E-state index contributed by atoms with van der Waals surface area (Å²) in [6.45, 7) is 6.86. The van der Waals surface area contributed by atoms with Crippen LogP contribution in [0.2, 0.25) is 0 Å². The average molecular weight is 1100 g/mol. The Hall–Kier alpha value is -3.07. The van der Waals surface area contributed by atoms with Gasteiger partial charge in [-0.3, -0.25) is 18.6 Å². The second-order valence-electron chi connectivity index (χ2n) is 22.2. The lowest BCUT2D eigenvalue weighted by molar-refractivity contribution is -0.870. The minimum atomic E-state index is -4.46. The lowest BCUT2D eigenvalue weighted by Gasteiger charge is -2.27. The molecule has 0 radical (unpaired) electrons. The van der Waals surface area contributed by atoms with E-state index in [1.54, 1.807) is 0 Å². The molecule has 0 aromatic heterocycles. The molecular weight excluding hydrogens is 976 g/mol. The number of ether oxygens (including phenoxy) is 1. The Morgan fingerprint density at radius 1 is 0.468 bits per heavy atom. The molecule has 3 unspecified atom stereocenters. The molecule has 0 spiro atoms. The molecular formula is C67H120N2O7P+. The van der Waals surface area contributed by atoms with Gasteiger partial charge >= 0.3 is 13.8 Å². The van der Waals surface area contributed by atoms with Crippen molar-refractivity contribution in [1.82, 2.24) is 5.32 Å². The number of hydrogen-bond donors (Lipinski definition) is 2. The Morgan fingerprint density at radius 2 is 0.831 bits per heavy atom. The van der Waals surface area contributed by atoms with Gasteiger partial charge in [0.2, 0.25) is 5.91 Å². The molecule has 2 N–H and O–H groups in total. The van der Waals surface area contributed by atoms with E-state index >= 15 is 0 Å². The summed E-state index contributed by atoms with van der Waals surface area (Å²) in [7, 11) is 1.47. The smallest absolute Gasteiger partial charge is 0.456 e. The van der Waals surface area contributed by atoms with E-state index in [0.29, 0.717) is 23.9 Å². The van der Waals surface area contributed by atoms with E-state index in [9.17, 15) is 19.0 Å². The van der Waals surface area contributed by atoms with Crippen LogP contribution in [-0.2, 0) is 27.9 Å². The maximum absolute atomic E-state index is 13.5. The zero-order valence-electron chi connectivity index (χ0n) is 50.7. The number of allylic oxidation sites excluding steroid dienone is 15. The van der Waals surface area contributed by atoms with Gasteiger partial charge in [-0.1, -0.05) is 240 Å². The highest BCUT2D eigenvalue weighted by Crippen LogP contribution is 2.43. The van der Waals surface area contributed by atoms with E-state index in [4.69, 9.17) is 13.8 Å². The molecule has 0 saturated carbocycles. The number of hydrogen-bond acceptors (Lipinski definition) is 6. The first-order chi connectivity index (χ1) is 37.4. The van der Waals surface area contributed by atoms with E-state index in [1.807, 2.05) is 33.3 Å². The number of amides is 1. The van der Waals surface area contributed by atoms with Crippen molar-refractivity contribution in [2.24, 2.45) is 0 Å². The molecule has 0 saturated heterocycles. The first-order valence-corrected chi connectivity index (χ1v) is 33.1. The maximum atomic E-state index is 13.5. The lowest BCUT2D eigenvalue weighted by Crippen LogP contribution is -2.47. The molecule has 0 rings (SSSR count). The van der Waals surface area contributed by atoms with Crippen molar-refractivity contribution in [2.75, 3.05) is 40.9 Å². The summed E-state index contributed by atoms with van der Waals surface area (Å²) >= 11 is 0. The zero-order valence-corrected chi connectivity index (χ0v) is 51.6. The minimum absolute atomic E-state index is 0.0299. The molecule has 0 aliphatic rings. The van der Waals surface area contributed by atoms with Gasteiger partial charge in [-0.15, -0.1) is 0 Å². The Balaban J connectivity index is 5.25. The third kappa shape index (κ3) is 57.4. The zero-order chi connectivity index (χ0) is 56.4. The molecule has 1 amide bonds. The number of carbonyl (C=O) groups is 2. The average Bonchev–Trinajstić information content (AvgIpc) is 3.39. The number of carbonyl (C=O) groups excluding carboxylic acids is 2. The summed E-state index contributed by atoms with van der Waals surface area (Å²) in [4.78, 5) is 37.7. The van der Waals surface area contributed by atoms with Gasteiger partial charge in [0.15, 0.2) is 0 Å². The summed E-state index contributed by atoms with van der Waals surface area (Å²) in [5.74, 6) is -0.542. The Bertz CT molecular complexity index is 1640. The fraction of sp³-hybridized carbons (Fsp3) is 0.731. The number of quaternary nitrogens is 1. The van der Waals surface area contributed by atoms with Crippen LogP contribution in [0.4, 0.5) is 0 Å². The Kier molecular flexibility index (Phi) is 54.0. The van der Waals surface area contributed by atoms with Gasteiger partial charge in [0.05, 0.1) is 33.8 Å². The predicted octanol–water partition coefficient (Wildman–Crippen LogP) is 19.6. The SMILES string of the molecule is CC/C=C\C/C=C\C/C=C\C/C=C\C/C=C\C/C=C\CCCCCCC(=O)NC(COP(=O)(O)OCC[N+](C)(C)C)C(/C=C\CCCCCCCCCCC)OC(=O)CCCCCCCCC/C=C/CCCCCCCC. The molecule has 0 aliphatic carbocycles. The number of likely N-dealkylation sites (N-methyl/N-ethyl adjacent to an activating group) is 1. The van der Waals surface area contributed by atoms with E-state index in [2.05, 4.69) is 111 Å². The number of rotatable bonds is 56. The van der Waals surface area contributed by atoms with Gasteiger partial charge in [-0.25, -0.2) is 4.57 Å². The van der Waals surface area contributed by atoms with Crippen molar-refractivity contribution in [1.29, 1.82) is 0 Å². The van der Waals surface area contributed by atoms with E-state index in [-0.39, 0.29) is 31.5 Å². The number of nitrogens with zero attached hydrogens (tertiary/aromatic N) is 1. The second-order valence-corrected chi connectivity index (χ2v) is 23.6. The molecule has 0 aliphatic heterocycles. The highest BCUT2D eigenvalue weighted by Gasteiger charge is 2.30. The van der Waals surface area contributed by atoms with Gasteiger partial charge in [0.25, 0.3) is 0 Å². The van der Waals surface area contributed by atoms with Crippen LogP contribution in [0.3, 0.4) is 0 Å². The summed E-state index contributed by atoms with van der Waals surface area (Å²) in [5.41, 5.74) is 0. The van der Waals surface area contributed by atoms with Gasteiger partial charge in [-0.2, -0.15) is 0 Å². The number of unbranched alkanes of at least 4 members (excludes halogenated alkanes) is 26. The van der Waals surface area contributed by atoms with Crippen LogP contribution in [0.25, 0.3) is 0 Å². The van der Waals surface area contributed by atoms with E-state index in [0.717, 1.165) is 116 Å². The second kappa shape index (κ2) is 56.2. The number of phosphoric acid groups is 1. The predicted molar refractivity (Wildman–Crippen MR) is 332 cm³/mol. The van der Waals surface area contributed by atoms with Crippen LogP contribution in [0.15, 0.2) is 97.2 Å². The summed E-state index contributed by atoms with van der Waals surface area (Å²) in [6.07, 6.45) is 75.5. The Morgan fingerprint density at radius 3 is 1.26 bits per heavy atom. The van der Waals surface area contributed by atoms with Crippen LogP contribution < -0.4 is 5.32 Å². The minimum Gasteiger partial charge on any atom is -0.456 e. The number of nitrogens with one attached hydrogen (secondary N) is 1. The van der Waals surface area contributed by atoms with Crippen LogP contribution in [0.5, 0.6) is 0 Å². The maximum Gasteiger partial charge on any atom is 0.472 e. The standard InChI is InChI=1S/C67H119N2O7P/c1-7-10-13-16-19-22-25-27-29-31-32-33-34-35-36-38-39-41-44-47-50-53-56-59-66(70)68-64(63-75-77(72,73)74-62-61-69(4,5)6)65(58-55-52-49-46-43-24-21-18-15-12-9-3)76-67(71)60-57-54-51-48-45-42-40-37-30-28-26-23-20-17-14-11-8-2/h10,13,19,22,27-30,32-33,35-36,39,41,55,58,64-65H,7-9,11-12,14-18,20-21,23-26,31,34,37-38,40,42-54,56-57,59-63H2,1-6H3,(H-,68,70,72,73)/p+1/b13-10-,22-19-,29-27-,30-28+,33-32-,36-35-,41-39-,58-55-. The molecule has 9 nitrogen and oxygen atoms in total. The van der Waals surface area contributed by atoms with Crippen molar-refractivity contribution < 1.29 is 37.3 Å². The summed E-state index contributed by atoms with van der Waals surface area (Å²) in [6, 6.07) is -0.869. The third-order valence-corrected chi connectivity index (χ3v) is 14.5. The van der Waals surface area contributed by atoms with Crippen LogP contribution in [0, 0.1) is 0 Å². The Labute approximate surface area is 475 Å². The largest absolute Gasteiger partial charge is 0.472 e. The van der Waals surface area contributed by atoms with E-state index in [1.165, 1.54) is 109 Å². The summed E-state index contributed by atoms with van der Waals surface area (Å²) < 4.78 is 30.7. The number of phosphoric ester groups is 1. The fourth-order valence-corrected chi connectivity index (χ4v) is 9.38. The molecule has 0 aromatic rings. The molecule has 77 heavy (non-hydrogen) atoms. The molecule has 0 aromatic carbocycles. The van der Waals surface area contributed by atoms with Gasteiger partial charge < -0.3 is 19.4 Å². The first-order valence-electron chi connectivity index (χ1n) is 31.6. The highest BCUT2D eigenvalue weighted by molar-refractivity contribution is 7.47. The van der Waals surface area contributed by atoms with Gasteiger partial charge in [-0.05, 0) is 109 Å². The number of esters is 1. The van der Waals surface area contributed by atoms with Gasteiger partial charge in [0, 0.05) is 12.8 Å². The molecule has 0 fully saturated rings. The quantitative estimate of drug-likeness (QED) is 0.0205. The van der Waals surface area contributed by atoms with E-state index < -0.39 is 20.0 Å². The fourth-order valence-electron chi connectivity index (χ4n) is 8.64. The van der Waals surface area contributed by atoms with Crippen molar-refractivity contribution >= 4 is 19.7 Å². The highest BCUT2D eigenvalue weighted by atomic mass is 31.2. The molecule has 0 bridgehead atoms. The van der Waals surface area contributed by atoms with Crippen molar-refractivity contribution in [3.8, 4) is 0 Å². The molecule has 444 valence electrons. The van der Waals surface area contributed by atoms with Crippen molar-refractivity contribution in [3.63, 3.8) is 0 Å².